The summed E-state index contributed by atoms with van der Waals surface area (Å²) in [7, 11) is 0. The van der Waals surface area contributed by atoms with Crippen molar-refractivity contribution in [3.8, 4) is 17.6 Å². The molecule has 1 atom stereocenters. The van der Waals surface area contributed by atoms with Crippen molar-refractivity contribution in [3.05, 3.63) is 98.6 Å². The van der Waals surface area contributed by atoms with Crippen LogP contribution in [-0.2, 0) is 6.18 Å². The highest BCUT2D eigenvalue weighted by atomic mass is 19.4. The third-order valence-corrected chi connectivity index (χ3v) is 4.11. The van der Waals surface area contributed by atoms with Crippen LogP contribution in [0.1, 0.15) is 39.9 Å². The second-order valence-electron chi connectivity index (χ2n) is 6.28. The summed E-state index contributed by atoms with van der Waals surface area (Å²) in [6.45, 7) is 1.52. The summed E-state index contributed by atoms with van der Waals surface area (Å²) in [5, 5.41) is 20.2. The van der Waals surface area contributed by atoms with Crippen LogP contribution in [0.25, 0.3) is 0 Å². The molecule has 0 aliphatic rings. The maximum Gasteiger partial charge on any atom is 0.416 e. The molecule has 2 aromatic carbocycles. The van der Waals surface area contributed by atoms with Gasteiger partial charge in [0.05, 0.1) is 5.56 Å². The molecule has 1 unspecified atom stereocenters. The highest BCUT2D eigenvalue weighted by Gasteiger charge is 2.29. The van der Waals surface area contributed by atoms with Crippen LogP contribution >= 0.6 is 0 Å². The summed E-state index contributed by atoms with van der Waals surface area (Å²) in [5.74, 6) is 4.92. The lowest BCUT2D eigenvalue weighted by atomic mass is 10.0. The Kier molecular flexibility index (Phi) is 5.48. The molecule has 2 N–H and O–H groups in total. The van der Waals surface area contributed by atoms with Gasteiger partial charge in [-0.3, -0.25) is 4.79 Å². The van der Waals surface area contributed by atoms with E-state index in [0.29, 0.717) is 16.7 Å². The first-order valence-electron chi connectivity index (χ1n) is 8.46. The van der Waals surface area contributed by atoms with E-state index in [0.717, 1.165) is 18.2 Å². The quantitative estimate of drug-likeness (QED) is 0.634. The van der Waals surface area contributed by atoms with Gasteiger partial charge in [-0.15, -0.1) is 0 Å². The van der Waals surface area contributed by atoms with Crippen molar-refractivity contribution >= 4 is 0 Å². The summed E-state index contributed by atoms with van der Waals surface area (Å²) in [6, 6.07) is 11.9. The van der Waals surface area contributed by atoms with E-state index in [4.69, 9.17) is 4.42 Å². The van der Waals surface area contributed by atoms with Crippen LogP contribution in [-0.4, -0.2) is 10.2 Å². The lowest BCUT2D eigenvalue weighted by molar-refractivity contribution is -0.137. The predicted molar refractivity (Wildman–Crippen MR) is 99.3 cm³/mol. The van der Waals surface area contributed by atoms with E-state index in [1.54, 1.807) is 24.3 Å². The van der Waals surface area contributed by atoms with E-state index in [1.807, 2.05) is 0 Å². The summed E-state index contributed by atoms with van der Waals surface area (Å²) in [6.07, 6.45) is -5.74. The number of alkyl halides is 3. The molecule has 4 nitrogen and oxygen atoms in total. The van der Waals surface area contributed by atoms with Crippen molar-refractivity contribution in [2.45, 2.75) is 19.2 Å². The minimum atomic E-state index is -4.40. The number of rotatable bonds is 2. The van der Waals surface area contributed by atoms with Gasteiger partial charge in [-0.05, 0) is 48.9 Å². The van der Waals surface area contributed by atoms with Crippen molar-refractivity contribution in [1.29, 1.82) is 0 Å². The standard InChI is InChI=1S/C22H15F3O4/c1-13-12-18(26)20(28)21(29-13)19(27)16-8-4-14(5-9-16)2-3-15-6-10-17(11-7-15)22(23,24)25/h4-12,19,27-28H,1H3. The SMILES string of the molecule is Cc1cc(=O)c(O)c(C(O)c2ccc(C#Cc3ccc(C(F)(F)F)cc3)cc2)o1. The number of hydrogen-bond acceptors (Lipinski definition) is 4. The van der Waals surface area contributed by atoms with E-state index in [9.17, 15) is 28.2 Å². The highest BCUT2D eigenvalue weighted by molar-refractivity contribution is 5.45. The van der Waals surface area contributed by atoms with Crippen molar-refractivity contribution < 1.29 is 27.8 Å². The lowest BCUT2D eigenvalue weighted by Gasteiger charge is -2.12. The fourth-order valence-electron chi connectivity index (χ4n) is 2.60. The van der Waals surface area contributed by atoms with E-state index < -0.39 is 29.0 Å². The average Bonchev–Trinajstić information content (AvgIpc) is 2.68. The van der Waals surface area contributed by atoms with Gasteiger partial charge in [0.15, 0.2) is 5.76 Å². The summed E-state index contributed by atoms with van der Waals surface area (Å²) >= 11 is 0. The largest absolute Gasteiger partial charge is 0.502 e. The van der Waals surface area contributed by atoms with Gasteiger partial charge in [-0.2, -0.15) is 13.2 Å². The van der Waals surface area contributed by atoms with Gasteiger partial charge in [-0.1, -0.05) is 24.0 Å². The number of hydrogen-bond donors (Lipinski definition) is 2. The monoisotopic (exact) mass is 400 g/mol. The van der Waals surface area contributed by atoms with Gasteiger partial charge in [-0.25, -0.2) is 0 Å². The Morgan fingerprint density at radius 2 is 1.48 bits per heavy atom. The second-order valence-corrected chi connectivity index (χ2v) is 6.28. The van der Waals surface area contributed by atoms with Crippen molar-refractivity contribution in [2.75, 3.05) is 0 Å². The molecule has 3 aromatic rings. The molecule has 0 saturated heterocycles. The van der Waals surface area contributed by atoms with Crippen molar-refractivity contribution in [1.82, 2.24) is 0 Å². The Morgan fingerprint density at radius 3 is 2.00 bits per heavy atom. The molecule has 0 spiro atoms. The average molecular weight is 400 g/mol. The molecule has 1 aromatic heterocycles. The van der Waals surface area contributed by atoms with Crippen LogP contribution in [0.5, 0.6) is 5.75 Å². The third kappa shape index (κ3) is 4.68. The zero-order valence-electron chi connectivity index (χ0n) is 15.1. The van der Waals surface area contributed by atoms with E-state index >= 15 is 0 Å². The molecule has 0 bridgehead atoms. The zero-order chi connectivity index (χ0) is 21.2. The first kappa shape index (κ1) is 20.2. The molecule has 1 heterocycles. The summed E-state index contributed by atoms with van der Waals surface area (Å²) in [5.41, 5.74) is -0.0345. The topological polar surface area (TPSA) is 70.7 Å². The number of aryl methyl sites for hydroxylation is 1. The van der Waals surface area contributed by atoms with Gasteiger partial charge < -0.3 is 14.6 Å². The van der Waals surface area contributed by atoms with Crippen molar-refractivity contribution in [3.63, 3.8) is 0 Å². The molecule has 0 fully saturated rings. The van der Waals surface area contributed by atoms with Crippen LogP contribution in [0.2, 0.25) is 0 Å². The molecule has 0 amide bonds. The number of aromatic hydroxyl groups is 1. The van der Waals surface area contributed by atoms with Crippen LogP contribution < -0.4 is 5.43 Å². The molecule has 29 heavy (non-hydrogen) atoms. The Balaban J connectivity index is 1.80. The third-order valence-electron chi connectivity index (χ3n) is 4.11. The maximum absolute atomic E-state index is 12.6. The van der Waals surface area contributed by atoms with E-state index in [1.165, 1.54) is 19.1 Å². The van der Waals surface area contributed by atoms with E-state index in [-0.39, 0.29) is 11.5 Å². The molecule has 148 valence electrons. The Hall–Kier alpha value is -3.50. The zero-order valence-corrected chi connectivity index (χ0v) is 15.1. The van der Waals surface area contributed by atoms with Crippen LogP contribution in [0.15, 0.2) is 63.8 Å². The first-order valence-corrected chi connectivity index (χ1v) is 8.46. The fourth-order valence-corrected chi connectivity index (χ4v) is 2.60. The minimum Gasteiger partial charge on any atom is -0.502 e. The molecule has 3 rings (SSSR count). The highest BCUT2D eigenvalue weighted by Crippen LogP contribution is 2.29. The Morgan fingerprint density at radius 1 is 0.966 bits per heavy atom. The number of aliphatic hydroxyl groups is 1. The van der Waals surface area contributed by atoms with Gasteiger partial charge >= 0.3 is 6.18 Å². The minimum absolute atomic E-state index is 0.251. The van der Waals surface area contributed by atoms with Gasteiger partial charge in [0, 0.05) is 17.2 Å². The lowest BCUT2D eigenvalue weighted by Crippen LogP contribution is -2.08. The normalized spacial score (nSPS) is 12.2. The number of halogens is 3. The van der Waals surface area contributed by atoms with Crippen molar-refractivity contribution in [2.24, 2.45) is 0 Å². The van der Waals surface area contributed by atoms with Gasteiger partial charge in [0.25, 0.3) is 0 Å². The first-order chi connectivity index (χ1) is 13.6. The molecular weight excluding hydrogens is 385 g/mol. The van der Waals surface area contributed by atoms with Gasteiger partial charge in [0.2, 0.25) is 11.2 Å². The summed E-state index contributed by atoms with van der Waals surface area (Å²) < 4.78 is 43.0. The Bertz CT molecular complexity index is 1130. The maximum atomic E-state index is 12.6. The molecule has 0 saturated carbocycles. The molecular formula is C22H15F3O4. The molecule has 0 aliphatic heterocycles. The second kappa shape index (κ2) is 7.86. The van der Waals surface area contributed by atoms with Crippen LogP contribution in [0.3, 0.4) is 0 Å². The van der Waals surface area contributed by atoms with E-state index in [2.05, 4.69) is 11.8 Å². The van der Waals surface area contributed by atoms with Crippen LogP contribution in [0.4, 0.5) is 13.2 Å². The Labute approximate surface area is 163 Å². The molecule has 0 radical (unpaired) electrons. The molecule has 0 aliphatic carbocycles. The number of aliphatic hydroxyl groups excluding tert-OH is 1. The van der Waals surface area contributed by atoms with Crippen LogP contribution in [0, 0.1) is 18.8 Å². The molecule has 7 heteroatoms. The summed E-state index contributed by atoms with van der Waals surface area (Å²) in [4.78, 5) is 11.6. The smallest absolute Gasteiger partial charge is 0.416 e. The van der Waals surface area contributed by atoms with Gasteiger partial charge in [0.1, 0.15) is 11.9 Å². The fraction of sp³-hybridized carbons (Fsp3) is 0.136. The predicted octanol–water partition coefficient (Wildman–Crippen LogP) is 4.15. The number of benzene rings is 2.